The number of halogens is 2. The molecule has 20 heavy (non-hydrogen) atoms. The molecule has 0 aliphatic heterocycles. The number of nitro benzene ring substituents is 1. The van der Waals surface area contributed by atoms with Crippen molar-refractivity contribution in [3.05, 3.63) is 69.8 Å². The minimum absolute atomic E-state index is 0.177. The lowest BCUT2D eigenvalue weighted by Gasteiger charge is -2.15. The lowest BCUT2D eigenvalue weighted by molar-refractivity contribution is -0.386. The molecule has 0 aromatic heterocycles. The van der Waals surface area contributed by atoms with Crippen LogP contribution in [0.4, 0.5) is 20.2 Å². The van der Waals surface area contributed by atoms with Gasteiger partial charge in [-0.1, -0.05) is 30.3 Å². The van der Waals surface area contributed by atoms with Crippen molar-refractivity contribution in [2.75, 3.05) is 5.32 Å². The third-order valence-electron chi connectivity index (χ3n) is 2.88. The summed E-state index contributed by atoms with van der Waals surface area (Å²) < 4.78 is 26.7. The van der Waals surface area contributed by atoms with E-state index < -0.39 is 22.2 Å². The van der Waals surface area contributed by atoms with E-state index in [1.165, 1.54) is 0 Å². The number of hydrogen-bond acceptors (Lipinski definition) is 3. The third-order valence-corrected chi connectivity index (χ3v) is 2.88. The van der Waals surface area contributed by atoms with Crippen LogP contribution in [0.25, 0.3) is 0 Å². The first kappa shape index (κ1) is 13.9. The monoisotopic (exact) mass is 278 g/mol. The van der Waals surface area contributed by atoms with Gasteiger partial charge in [0.1, 0.15) is 11.5 Å². The maximum atomic E-state index is 13.5. The van der Waals surface area contributed by atoms with E-state index in [0.29, 0.717) is 6.07 Å². The summed E-state index contributed by atoms with van der Waals surface area (Å²) in [5.41, 5.74) is -0.0792. The second-order valence-electron chi connectivity index (χ2n) is 4.32. The van der Waals surface area contributed by atoms with E-state index in [1.807, 2.05) is 30.3 Å². The molecule has 0 saturated carbocycles. The zero-order valence-electron chi connectivity index (χ0n) is 10.6. The molecule has 2 aromatic carbocycles. The molecule has 4 nitrogen and oxygen atoms in total. The van der Waals surface area contributed by atoms with Crippen LogP contribution in [0.1, 0.15) is 18.5 Å². The first-order chi connectivity index (χ1) is 9.49. The van der Waals surface area contributed by atoms with Crippen molar-refractivity contribution in [2.24, 2.45) is 0 Å². The molecule has 0 spiro atoms. The highest BCUT2D eigenvalue weighted by molar-refractivity contribution is 5.63. The van der Waals surface area contributed by atoms with Crippen LogP contribution in [0, 0.1) is 21.7 Å². The molecule has 0 radical (unpaired) electrons. The van der Waals surface area contributed by atoms with Crippen molar-refractivity contribution in [1.82, 2.24) is 0 Å². The lowest BCUT2D eigenvalue weighted by Crippen LogP contribution is -2.09. The maximum absolute atomic E-state index is 13.5. The van der Waals surface area contributed by atoms with Crippen LogP contribution in [0.15, 0.2) is 42.5 Å². The Balaban J connectivity index is 2.36. The fourth-order valence-electron chi connectivity index (χ4n) is 1.92. The highest BCUT2D eigenvalue weighted by Crippen LogP contribution is 2.31. The number of hydrogen-bond donors (Lipinski definition) is 1. The van der Waals surface area contributed by atoms with E-state index in [2.05, 4.69) is 5.32 Å². The quantitative estimate of drug-likeness (QED) is 0.678. The summed E-state index contributed by atoms with van der Waals surface area (Å²) in [6, 6.07) is 10.2. The standard InChI is InChI=1S/C14H12F2N2O2/c1-9(10-5-3-2-4-6-10)17-13-8-11(15)7-12(16)14(13)18(19)20/h2-9,17H,1H3. The molecule has 1 N–H and O–H groups in total. The number of nitrogens with zero attached hydrogens (tertiary/aromatic N) is 1. The molecule has 0 fully saturated rings. The van der Waals surface area contributed by atoms with Gasteiger partial charge in [-0.3, -0.25) is 10.1 Å². The molecule has 1 unspecified atom stereocenters. The topological polar surface area (TPSA) is 55.2 Å². The average molecular weight is 278 g/mol. The fourth-order valence-corrected chi connectivity index (χ4v) is 1.92. The highest BCUT2D eigenvalue weighted by Gasteiger charge is 2.23. The van der Waals surface area contributed by atoms with E-state index in [9.17, 15) is 18.9 Å². The molecule has 2 rings (SSSR count). The van der Waals surface area contributed by atoms with Crippen LogP contribution in [-0.2, 0) is 0 Å². The second-order valence-corrected chi connectivity index (χ2v) is 4.32. The summed E-state index contributed by atoms with van der Waals surface area (Å²) in [5.74, 6) is -2.06. The minimum Gasteiger partial charge on any atom is -0.373 e. The third kappa shape index (κ3) is 2.90. The van der Waals surface area contributed by atoms with Gasteiger partial charge in [0.2, 0.25) is 5.82 Å². The van der Waals surface area contributed by atoms with Gasteiger partial charge in [-0.2, -0.15) is 4.39 Å². The predicted molar refractivity (Wildman–Crippen MR) is 71.5 cm³/mol. The van der Waals surface area contributed by atoms with Gasteiger partial charge in [0, 0.05) is 18.2 Å². The molecule has 0 bridgehead atoms. The summed E-state index contributed by atoms with van der Waals surface area (Å²) in [6.45, 7) is 1.75. The van der Waals surface area contributed by atoms with Crippen LogP contribution in [0.3, 0.4) is 0 Å². The molecule has 1 atom stereocenters. The Kier molecular flexibility index (Phi) is 3.93. The van der Waals surface area contributed by atoms with Crippen LogP contribution in [-0.4, -0.2) is 4.92 Å². The summed E-state index contributed by atoms with van der Waals surface area (Å²) in [6.07, 6.45) is 0. The predicted octanol–water partition coefficient (Wildman–Crippen LogP) is 4.05. The van der Waals surface area contributed by atoms with Crippen molar-refractivity contribution in [3.8, 4) is 0 Å². The van der Waals surface area contributed by atoms with Crippen LogP contribution >= 0.6 is 0 Å². The summed E-state index contributed by atoms with van der Waals surface area (Å²) >= 11 is 0. The Bertz CT molecular complexity index is 633. The minimum atomic E-state index is -1.20. The molecule has 0 aliphatic carbocycles. The zero-order chi connectivity index (χ0) is 14.7. The van der Waals surface area contributed by atoms with Gasteiger partial charge in [-0.25, -0.2) is 4.39 Å². The van der Waals surface area contributed by atoms with E-state index >= 15 is 0 Å². The van der Waals surface area contributed by atoms with Gasteiger partial charge < -0.3 is 5.32 Å². The van der Waals surface area contributed by atoms with Gasteiger partial charge in [-0.05, 0) is 12.5 Å². The lowest BCUT2D eigenvalue weighted by atomic mass is 10.1. The highest BCUT2D eigenvalue weighted by atomic mass is 19.1. The van der Waals surface area contributed by atoms with Crippen molar-refractivity contribution in [2.45, 2.75) is 13.0 Å². The molecular weight excluding hydrogens is 266 g/mol. The number of rotatable bonds is 4. The number of benzene rings is 2. The second kappa shape index (κ2) is 5.64. The smallest absolute Gasteiger partial charge is 0.327 e. The van der Waals surface area contributed by atoms with Gasteiger partial charge in [0.15, 0.2) is 0 Å². The van der Waals surface area contributed by atoms with Gasteiger partial charge in [-0.15, -0.1) is 0 Å². The first-order valence-corrected chi connectivity index (χ1v) is 5.94. The Labute approximate surface area is 114 Å². The molecular formula is C14H12F2N2O2. The molecule has 104 valence electrons. The number of nitro groups is 1. The molecule has 0 aliphatic rings. The van der Waals surface area contributed by atoms with Gasteiger partial charge in [0.05, 0.1) is 4.92 Å². The zero-order valence-corrected chi connectivity index (χ0v) is 10.6. The SMILES string of the molecule is CC(Nc1cc(F)cc(F)c1[N+](=O)[O-])c1ccccc1. The Morgan fingerprint density at radius 2 is 1.85 bits per heavy atom. The molecule has 0 heterocycles. The normalized spacial score (nSPS) is 11.9. The summed E-state index contributed by atoms with van der Waals surface area (Å²) in [5, 5.41) is 13.6. The molecule has 6 heteroatoms. The summed E-state index contributed by atoms with van der Waals surface area (Å²) in [7, 11) is 0. The first-order valence-electron chi connectivity index (χ1n) is 5.94. The largest absolute Gasteiger partial charge is 0.373 e. The van der Waals surface area contributed by atoms with Gasteiger partial charge in [0.25, 0.3) is 0 Å². The Morgan fingerprint density at radius 3 is 2.45 bits per heavy atom. The van der Waals surface area contributed by atoms with E-state index in [-0.39, 0.29) is 11.7 Å². The molecule has 0 saturated heterocycles. The van der Waals surface area contributed by atoms with Crippen molar-refractivity contribution >= 4 is 11.4 Å². The molecule has 2 aromatic rings. The molecule has 0 amide bonds. The number of anilines is 1. The van der Waals surface area contributed by atoms with Crippen molar-refractivity contribution in [1.29, 1.82) is 0 Å². The average Bonchev–Trinajstić information content (AvgIpc) is 2.38. The van der Waals surface area contributed by atoms with E-state index in [4.69, 9.17) is 0 Å². The van der Waals surface area contributed by atoms with Crippen LogP contribution < -0.4 is 5.32 Å². The maximum Gasteiger partial charge on any atom is 0.327 e. The van der Waals surface area contributed by atoms with Gasteiger partial charge >= 0.3 is 5.69 Å². The van der Waals surface area contributed by atoms with Crippen molar-refractivity contribution < 1.29 is 13.7 Å². The fraction of sp³-hybridized carbons (Fsp3) is 0.143. The van der Waals surface area contributed by atoms with E-state index in [1.54, 1.807) is 6.92 Å². The summed E-state index contributed by atoms with van der Waals surface area (Å²) in [4.78, 5) is 10.0. The van der Waals surface area contributed by atoms with Crippen LogP contribution in [0.5, 0.6) is 0 Å². The van der Waals surface area contributed by atoms with Crippen LogP contribution in [0.2, 0.25) is 0 Å². The van der Waals surface area contributed by atoms with E-state index in [0.717, 1.165) is 11.6 Å². The Morgan fingerprint density at radius 1 is 1.20 bits per heavy atom. The Hall–Kier alpha value is -2.50. The van der Waals surface area contributed by atoms with Crippen molar-refractivity contribution in [3.63, 3.8) is 0 Å². The number of nitrogens with one attached hydrogen (secondary N) is 1.